The summed E-state index contributed by atoms with van der Waals surface area (Å²) in [7, 11) is 0. The molecule has 0 bridgehead atoms. The number of unbranched alkanes of at least 4 members (excludes halogenated alkanes) is 72. The Morgan fingerprint density at radius 1 is 0.281 bits per heavy atom. The van der Waals surface area contributed by atoms with E-state index in [9.17, 15) is 19.8 Å². The first-order valence-electron chi connectivity index (χ1n) is 44.6. The molecule has 0 fully saturated rings. The topological polar surface area (TPSA) is 95.9 Å². The zero-order chi connectivity index (χ0) is 69.1. The van der Waals surface area contributed by atoms with Crippen LogP contribution in [-0.2, 0) is 14.3 Å². The smallest absolute Gasteiger partial charge is 0.305 e. The average molecular weight is 1350 g/mol. The van der Waals surface area contributed by atoms with Crippen LogP contribution in [0, 0.1) is 0 Å². The second-order valence-electron chi connectivity index (χ2n) is 30.9. The summed E-state index contributed by atoms with van der Waals surface area (Å²) < 4.78 is 5.53. The van der Waals surface area contributed by atoms with Crippen molar-refractivity contribution in [1.29, 1.82) is 0 Å². The lowest BCUT2D eigenvalue weighted by Crippen LogP contribution is -2.45. The lowest BCUT2D eigenvalue weighted by atomic mass is 10.0. The van der Waals surface area contributed by atoms with Crippen molar-refractivity contribution in [3.8, 4) is 0 Å². The largest absolute Gasteiger partial charge is 0.466 e. The molecular formula is C90H175NO5. The summed E-state index contributed by atoms with van der Waals surface area (Å²) in [5.41, 5.74) is 0. The molecule has 0 aromatic rings. The quantitative estimate of drug-likeness (QED) is 0.0320. The Bertz CT molecular complexity index is 1510. The first-order chi connectivity index (χ1) is 47.5. The highest BCUT2D eigenvalue weighted by Gasteiger charge is 2.18. The van der Waals surface area contributed by atoms with E-state index in [-0.39, 0.29) is 18.5 Å². The van der Waals surface area contributed by atoms with Gasteiger partial charge in [-0.05, 0) is 57.8 Å². The lowest BCUT2D eigenvalue weighted by molar-refractivity contribution is -0.143. The molecular weight excluding hydrogens is 1170 g/mol. The Kier molecular flexibility index (Phi) is 84.3. The van der Waals surface area contributed by atoms with Gasteiger partial charge < -0.3 is 20.3 Å². The van der Waals surface area contributed by atoms with Crippen molar-refractivity contribution < 1.29 is 24.5 Å². The highest BCUT2D eigenvalue weighted by atomic mass is 16.5. The van der Waals surface area contributed by atoms with Gasteiger partial charge in [-0.2, -0.15) is 0 Å². The van der Waals surface area contributed by atoms with E-state index < -0.39 is 12.1 Å². The Labute approximate surface area is 602 Å². The minimum atomic E-state index is -0.841. The number of rotatable bonds is 85. The van der Waals surface area contributed by atoms with E-state index in [2.05, 4.69) is 31.3 Å². The number of allylic oxidation sites excluding steroid dienone is 3. The van der Waals surface area contributed by atoms with E-state index >= 15 is 0 Å². The van der Waals surface area contributed by atoms with Crippen LogP contribution in [0.1, 0.15) is 515 Å². The maximum absolute atomic E-state index is 12.6. The molecule has 0 rings (SSSR count). The minimum absolute atomic E-state index is 0.0247. The zero-order valence-electron chi connectivity index (χ0n) is 65.7. The standard InChI is InChI=1S/C90H175NO5/c1-3-5-7-9-11-13-15-17-19-21-23-43-47-50-54-58-62-66-70-74-78-82-88(93)87(86-92)91-89(94)83-79-75-71-67-63-59-55-51-48-44-41-39-37-35-33-31-29-27-25-24-26-28-30-32-34-36-38-40-42-45-49-53-57-61-65-69-73-77-81-85-96-90(95)84-80-76-72-68-64-60-56-52-46-22-20-18-16-14-12-10-8-6-4-2/h18,20,78,82,87-88,92-93H,3-17,19,21-77,79-81,83-86H2,1-2H3,(H,91,94)/b20-18-,82-78+. The number of carbonyl (C=O) groups is 2. The van der Waals surface area contributed by atoms with E-state index in [1.54, 1.807) is 6.08 Å². The molecule has 0 aromatic heterocycles. The molecule has 2 unspecified atom stereocenters. The molecule has 0 aliphatic rings. The van der Waals surface area contributed by atoms with E-state index in [4.69, 9.17) is 4.74 Å². The van der Waals surface area contributed by atoms with Crippen LogP contribution in [0.15, 0.2) is 24.3 Å². The fourth-order valence-electron chi connectivity index (χ4n) is 14.5. The molecule has 0 aliphatic carbocycles. The first kappa shape index (κ1) is 94.3. The summed E-state index contributed by atoms with van der Waals surface area (Å²) in [6, 6.07) is -0.624. The average Bonchev–Trinajstić information content (AvgIpc) is 3.22. The number of hydrogen-bond donors (Lipinski definition) is 3. The molecule has 6 nitrogen and oxygen atoms in total. The molecule has 0 saturated carbocycles. The van der Waals surface area contributed by atoms with Crippen molar-refractivity contribution in [2.45, 2.75) is 527 Å². The van der Waals surface area contributed by atoms with Gasteiger partial charge in [0.15, 0.2) is 0 Å². The SMILES string of the molecule is CCCCCCCC/C=C\CCCCCCCCCCCC(=O)OCCCCCCCCCCCCCCCCCCCCCCCCCCCCCCCCCCCCCCCCCC(=O)NC(CO)C(O)/C=C/CCCCCCCCCCCCCCCCCCCCC. The van der Waals surface area contributed by atoms with Gasteiger partial charge in [0.25, 0.3) is 0 Å². The second kappa shape index (κ2) is 85.8. The molecule has 0 aliphatic heterocycles. The predicted molar refractivity (Wildman–Crippen MR) is 426 cm³/mol. The first-order valence-corrected chi connectivity index (χ1v) is 44.6. The number of amides is 1. The number of nitrogens with one attached hydrogen (secondary N) is 1. The second-order valence-corrected chi connectivity index (χ2v) is 30.9. The number of aliphatic hydroxyl groups is 2. The number of ether oxygens (including phenoxy) is 1. The van der Waals surface area contributed by atoms with Crippen molar-refractivity contribution in [3.05, 3.63) is 24.3 Å². The normalized spacial score (nSPS) is 12.5. The number of aliphatic hydroxyl groups excluding tert-OH is 2. The third-order valence-corrected chi connectivity index (χ3v) is 21.2. The summed E-state index contributed by atoms with van der Waals surface area (Å²) in [5.74, 6) is -0.0317. The molecule has 2 atom stereocenters. The van der Waals surface area contributed by atoms with Gasteiger partial charge in [0.05, 0.1) is 25.4 Å². The number of hydrogen-bond acceptors (Lipinski definition) is 5. The maximum atomic E-state index is 12.6. The van der Waals surface area contributed by atoms with Gasteiger partial charge in [0.1, 0.15) is 0 Å². The third-order valence-electron chi connectivity index (χ3n) is 21.2. The van der Waals surface area contributed by atoms with Gasteiger partial charge in [-0.1, -0.05) is 468 Å². The fraction of sp³-hybridized carbons (Fsp3) is 0.933. The highest BCUT2D eigenvalue weighted by molar-refractivity contribution is 5.76. The van der Waals surface area contributed by atoms with E-state index in [1.165, 1.54) is 449 Å². The van der Waals surface area contributed by atoms with E-state index in [1.807, 2.05) is 6.08 Å². The van der Waals surface area contributed by atoms with E-state index in [0.29, 0.717) is 19.4 Å². The van der Waals surface area contributed by atoms with Crippen molar-refractivity contribution in [2.75, 3.05) is 13.2 Å². The number of esters is 1. The summed E-state index contributed by atoms with van der Waals surface area (Å²) in [4.78, 5) is 24.7. The van der Waals surface area contributed by atoms with E-state index in [0.717, 1.165) is 38.5 Å². The highest BCUT2D eigenvalue weighted by Crippen LogP contribution is 2.21. The van der Waals surface area contributed by atoms with Crippen LogP contribution in [-0.4, -0.2) is 47.4 Å². The van der Waals surface area contributed by atoms with Crippen molar-refractivity contribution in [3.63, 3.8) is 0 Å². The molecule has 0 saturated heterocycles. The molecule has 0 heterocycles. The Morgan fingerprint density at radius 2 is 0.490 bits per heavy atom. The summed E-state index contributed by atoms with van der Waals surface area (Å²) in [6.45, 7) is 4.96. The molecule has 1 amide bonds. The van der Waals surface area contributed by atoms with Gasteiger partial charge in [0.2, 0.25) is 5.91 Å². The fourth-order valence-corrected chi connectivity index (χ4v) is 14.5. The zero-order valence-corrected chi connectivity index (χ0v) is 65.7. The van der Waals surface area contributed by atoms with Gasteiger partial charge in [0, 0.05) is 12.8 Å². The molecule has 0 radical (unpaired) electrons. The van der Waals surface area contributed by atoms with Crippen LogP contribution in [0.2, 0.25) is 0 Å². The lowest BCUT2D eigenvalue weighted by Gasteiger charge is -2.20. The van der Waals surface area contributed by atoms with Crippen LogP contribution in [0.5, 0.6) is 0 Å². The summed E-state index contributed by atoms with van der Waals surface area (Å²) in [6.07, 6.45) is 112. The van der Waals surface area contributed by atoms with Crippen LogP contribution < -0.4 is 5.32 Å². The Morgan fingerprint density at radius 3 is 0.740 bits per heavy atom. The monoisotopic (exact) mass is 1350 g/mol. The van der Waals surface area contributed by atoms with Gasteiger partial charge in [-0.25, -0.2) is 0 Å². The molecule has 0 spiro atoms. The van der Waals surface area contributed by atoms with Gasteiger partial charge in [-0.3, -0.25) is 9.59 Å². The Hall–Kier alpha value is -1.66. The summed E-state index contributed by atoms with van der Waals surface area (Å²) >= 11 is 0. The van der Waals surface area contributed by atoms with Crippen molar-refractivity contribution in [2.24, 2.45) is 0 Å². The maximum Gasteiger partial charge on any atom is 0.305 e. The predicted octanol–water partition coefficient (Wildman–Crippen LogP) is 29.9. The molecule has 96 heavy (non-hydrogen) atoms. The molecule has 3 N–H and O–H groups in total. The van der Waals surface area contributed by atoms with Crippen molar-refractivity contribution in [1.82, 2.24) is 5.32 Å². The van der Waals surface area contributed by atoms with Crippen molar-refractivity contribution >= 4 is 11.9 Å². The summed E-state index contributed by atoms with van der Waals surface area (Å²) in [5, 5.41) is 23.3. The minimum Gasteiger partial charge on any atom is -0.466 e. The van der Waals surface area contributed by atoms with Crippen LogP contribution >= 0.6 is 0 Å². The molecule has 570 valence electrons. The molecule has 6 heteroatoms. The Balaban J connectivity index is 3.30. The van der Waals surface area contributed by atoms with Crippen LogP contribution in [0.3, 0.4) is 0 Å². The van der Waals surface area contributed by atoms with Gasteiger partial charge >= 0.3 is 5.97 Å². The van der Waals surface area contributed by atoms with Crippen LogP contribution in [0.25, 0.3) is 0 Å². The van der Waals surface area contributed by atoms with Gasteiger partial charge in [-0.15, -0.1) is 0 Å². The third kappa shape index (κ3) is 81.3. The van der Waals surface area contributed by atoms with Crippen LogP contribution in [0.4, 0.5) is 0 Å². The number of carbonyl (C=O) groups excluding carboxylic acids is 2. The molecule has 0 aromatic carbocycles.